The molecule has 0 saturated carbocycles. The molecule has 2 aromatic heterocycles. The third-order valence-electron chi connectivity index (χ3n) is 3.06. The molecule has 1 unspecified atom stereocenters. The van der Waals surface area contributed by atoms with Gasteiger partial charge in [-0.3, -0.25) is 9.89 Å². The quantitative estimate of drug-likeness (QED) is 0.852. The van der Waals surface area contributed by atoms with E-state index in [2.05, 4.69) is 20.7 Å². The number of rotatable bonds is 6. The first-order valence-electron chi connectivity index (χ1n) is 6.35. The number of hydrogen-bond donors (Lipinski definition) is 2. The molecule has 0 aliphatic rings. The Hall–Kier alpha value is -1.76. The summed E-state index contributed by atoms with van der Waals surface area (Å²) in [7, 11) is 0. The summed E-state index contributed by atoms with van der Waals surface area (Å²) in [5.74, 6) is 1.97. The molecule has 0 saturated heterocycles. The zero-order valence-electron chi connectivity index (χ0n) is 11.8. The van der Waals surface area contributed by atoms with Gasteiger partial charge in [0.15, 0.2) is 0 Å². The standard InChI is InChI=1S/C13H18N4O2S/c1-8(11-4-14-15-5-11)16-13(18)7-20-6-12-9(2)17-19-10(12)3/h4-5,8H,6-7H2,1-3H3,(H,14,15)(H,16,18). The summed E-state index contributed by atoms with van der Waals surface area (Å²) < 4.78 is 5.09. The fourth-order valence-corrected chi connectivity index (χ4v) is 2.80. The van der Waals surface area contributed by atoms with Crippen LogP contribution in [0.4, 0.5) is 0 Å². The van der Waals surface area contributed by atoms with Gasteiger partial charge < -0.3 is 9.84 Å². The first-order valence-corrected chi connectivity index (χ1v) is 7.51. The van der Waals surface area contributed by atoms with E-state index < -0.39 is 0 Å². The molecule has 0 bridgehead atoms. The van der Waals surface area contributed by atoms with Crippen LogP contribution in [0.15, 0.2) is 16.9 Å². The van der Waals surface area contributed by atoms with Crippen LogP contribution in [0.1, 0.15) is 35.5 Å². The third kappa shape index (κ3) is 3.63. The van der Waals surface area contributed by atoms with Crippen molar-refractivity contribution >= 4 is 17.7 Å². The van der Waals surface area contributed by atoms with Crippen molar-refractivity contribution in [3.63, 3.8) is 0 Å². The van der Waals surface area contributed by atoms with Gasteiger partial charge in [-0.1, -0.05) is 5.16 Å². The van der Waals surface area contributed by atoms with E-state index >= 15 is 0 Å². The number of aryl methyl sites for hydroxylation is 2. The molecule has 0 radical (unpaired) electrons. The lowest BCUT2D eigenvalue weighted by atomic mass is 10.2. The SMILES string of the molecule is Cc1noc(C)c1CSCC(=O)NC(C)c1cn[nH]c1. The van der Waals surface area contributed by atoms with Crippen molar-refractivity contribution in [1.29, 1.82) is 0 Å². The Kier molecular flexibility index (Phi) is 4.84. The van der Waals surface area contributed by atoms with E-state index in [-0.39, 0.29) is 11.9 Å². The highest BCUT2D eigenvalue weighted by Gasteiger charge is 2.12. The lowest BCUT2D eigenvalue weighted by molar-refractivity contribution is -0.119. The van der Waals surface area contributed by atoms with Crippen LogP contribution in [0.5, 0.6) is 0 Å². The maximum atomic E-state index is 11.8. The van der Waals surface area contributed by atoms with Crippen LogP contribution in [0.3, 0.4) is 0 Å². The molecule has 0 aromatic carbocycles. The summed E-state index contributed by atoms with van der Waals surface area (Å²) in [4.78, 5) is 11.8. The number of carbonyl (C=O) groups excluding carboxylic acids is 1. The maximum Gasteiger partial charge on any atom is 0.230 e. The molecule has 2 N–H and O–H groups in total. The number of aromatic amines is 1. The largest absolute Gasteiger partial charge is 0.361 e. The van der Waals surface area contributed by atoms with Gasteiger partial charge in [-0.15, -0.1) is 11.8 Å². The van der Waals surface area contributed by atoms with Gasteiger partial charge in [-0.05, 0) is 20.8 Å². The van der Waals surface area contributed by atoms with Crippen molar-refractivity contribution in [1.82, 2.24) is 20.7 Å². The van der Waals surface area contributed by atoms with Crippen molar-refractivity contribution in [2.75, 3.05) is 5.75 Å². The average molecular weight is 294 g/mol. The van der Waals surface area contributed by atoms with E-state index in [9.17, 15) is 4.79 Å². The predicted molar refractivity (Wildman–Crippen MR) is 77.3 cm³/mol. The van der Waals surface area contributed by atoms with Gasteiger partial charge >= 0.3 is 0 Å². The number of nitrogens with one attached hydrogen (secondary N) is 2. The minimum atomic E-state index is -0.0408. The minimum absolute atomic E-state index is 0.00969. The van der Waals surface area contributed by atoms with E-state index in [1.54, 1.807) is 24.2 Å². The molecule has 108 valence electrons. The molecule has 0 aliphatic carbocycles. The van der Waals surface area contributed by atoms with Gasteiger partial charge in [0.2, 0.25) is 5.91 Å². The molecule has 0 fully saturated rings. The number of carbonyl (C=O) groups is 1. The van der Waals surface area contributed by atoms with Gasteiger partial charge in [0.05, 0.1) is 23.7 Å². The summed E-state index contributed by atoms with van der Waals surface area (Å²) in [6, 6.07) is -0.0408. The predicted octanol–water partition coefficient (Wildman–Crippen LogP) is 2.13. The molecule has 7 heteroatoms. The highest BCUT2D eigenvalue weighted by molar-refractivity contribution is 7.99. The highest BCUT2D eigenvalue weighted by Crippen LogP contribution is 2.19. The fraction of sp³-hybridized carbons (Fsp3) is 0.462. The van der Waals surface area contributed by atoms with Crippen molar-refractivity contribution in [3.8, 4) is 0 Å². The minimum Gasteiger partial charge on any atom is -0.361 e. The Bertz CT molecular complexity index is 545. The van der Waals surface area contributed by atoms with Crippen LogP contribution in [-0.2, 0) is 10.5 Å². The van der Waals surface area contributed by atoms with E-state index in [0.717, 1.165) is 28.3 Å². The first-order chi connectivity index (χ1) is 9.58. The Morgan fingerprint density at radius 2 is 2.35 bits per heavy atom. The summed E-state index contributed by atoms with van der Waals surface area (Å²) in [5, 5.41) is 13.4. The van der Waals surface area contributed by atoms with Crippen LogP contribution < -0.4 is 5.32 Å². The first kappa shape index (κ1) is 14.6. The molecule has 2 heterocycles. The van der Waals surface area contributed by atoms with Crippen molar-refractivity contribution in [3.05, 3.63) is 35.0 Å². The smallest absolute Gasteiger partial charge is 0.230 e. The monoisotopic (exact) mass is 294 g/mol. The summed E-state index contributed by atoms with van der Waals surface area (Å²) in [5.41, 5.74) is 2.93. The lowest BCUT2D eigenvalue weighted by Crippen LogP contribution is -2.28. The Morgan fingerprint density at radius 1 is 1.55 bits per heavy atom. The van der Waals surface area contributed by atoms with Gasteiger partial charge in [0, 0.05) is 23.1 Å². The number of nitrogens with zero attached hydrogens (tertiary/aromatic N) is 2. The van der Waals surface area contributed by atoms with Gasteiger partial charge in [-0.2, -0.15) is 5.10 Å². The second-order valence-electron chi connectivity index (χ2n) is 4.62. The second-order valence-corrected chi connectivity index (χ2v) is 5.60. The summed E-state index contributed by atoms with van der Waals surface area (Å²) in [6.07, 6.45) is 3.49. The van der Waals surface area contributed by atoms with Gasteiger partial charge in [0.25, 0.3) is 0 Å². The van der Waals surface area contributed by atoms with E-state index in [1.807, 2.05) is 20.8 Å². The Morgan fingerprint density at radius 3 is 2.95 bits per heavy atom. The normalized spacial score (nSPS) is 12.3. The molecule has 0 spiro atoms. The maximum absolute atomic E-state index is 11.8. The molecular weight excluding hydrogens is 276 g/mol. The number of H-pyrrole nitrogens is 1. The number of hydrogen-bond acceptors (Lipinski definition) is 5. The molecule has 1 amide bonds. The zero-order chi connectivity index (χ0) is 14.5. The molecule has 2 rings (SSSR count). The lowest BCUT2D eigenvalue weighted by Gasteiger charge is -2.11. The number of aromatic nitrogens is 3. The third-order valence-corrected chi connectivity index (χ3v) is 4.02. The average Bonchev–Trinajstić information content (AvgIpc) is 3.03. The molecule has 6 nitrogen and oxygen atoms in total. The summed E-state index contributed by atoms with van der Waals surface area (Å²) >= 11 is 1.55. The second kappa shape index (κ2) is 6.60. The van der Waals surface area contributed by atoms with Gasteiger partial charge in [0.1, 0.15) is 5.76 Å². The van der Waals surface area contributed by atoms with Crippen LogP contribution in [0.2, 0.25) is 0 Å². The highest BCUT2D eigenvalue weighted by atomic mass is 32.2. The van der Waals surface area contributed by atoms with Gasteiger partial charge in [-0.25, -0.2) is 0 Å². The molecular formula is C13H18N4O2S. The van der Waals surface area contributed by atoms with Crippen LogP contribution in [0, 0.1) is 13.8 Å². The van der Waals surface area contributed by atoms with Crippen LogP contribution >= 0.6 is 11.8 Å². The van der Waals surface area contributed by atoms with Crippen molar-refractivity contribution in [2.45, 2.75) is 32.6 Å². The molecule has 0 aliphatic heterocycles. The fourth-order valence-electron chi connectivity index (χ4n) is 1.82. The van der Waals surface area contributed by atoms with Crippen LogP contribution in [-0.4, -0.2) is 27.0 Å². The Balaban J connectivity index is 1.76. The summed E-state index contributed by atoms with van der Waals surface area (Å²) in [6.45, 7) is 5.73. The van der Waals surface area contributed by atoms with Crippen molar-refractivity contribution < 1.29 is 9.32 Å². The van der Waals surface area contributed by atoms with E-state index in [1.165, 1.54) is 0 Å². The Labute approximate surface area is 121 Å². The molecule has 20 heavy (non-hydrogen) atoms. The van der Waals surface area contributed by atoms with Crippen LogP contribution in [0.25, 0.3) is 0 Å². The molecule has 1 atom stereocenters. The number of amides is 1. The van der Waals surface area contributed by atoms with E-state index in [0.29, 0.717) is 5.75 Å². The number of thioether (sulfide) groups is 1. The van der Waals surface area contributed by atoms with E-state index in [4.69, 9.17) is 4.52 Å². The van der Waals surface area contributed by atoms with Crippen molar-refractivity contribution in [2.24, 2.45) is 0 Å². The molecule has 2 aromatic rings. The topological polar surface area (TPSA) is 83.8 Å². The zero-order valence-corrected chi connectivity index (χ0v) is 12.6.